The molecule has 1 aliphatic carbocycles. The van der Waals surface area contributed by atoms with Crippen LogP contribution in [0.2, 0.25) is 0 Å². The summed E-state index contributed by atoms with van der Waals surface area (Å²) in [5, 5.41) is 32.1. The van der Waals surface area contributed by atoms with Crippen LogP contribution in [0.1, 0.15) is 23.2 Å². The average Bonchev–Trinajstić information content (AvgIpc) is 3.44. The van der Waals surface area contributed by atoms with Gasteiger partial charge in [-0.05, 0) is 30.9 Å². The topological polar surface area (TPSA) is 139 Å². The summed E-state index contributed by atoms with van der Waals surface area (Å²) in [6, 6.07) is 8.17. The molecule has 2 rings (SSSR count). The molecule has 8 nitrogen and oxygen atoms in total. The highest BCUT2D eigenvalue weighted by atomic mass is 16.5. The zero-order chi connectivity index (χ0) is 18.2. The lowest BCUT2D eigenvalue weighted by Crippen LogP contribution is -2.46. The van der Waals surface area contributed by atoms with Crippen LogP contribution in [0.4, 0.5) is 0 Å². The third kappa shape index (κ3) is 4.70. The fraction of sp³-hybridized carbons (Fsp3) is 0.353. The SMILES string of the molecule is N#COc1ccccc1C(=O)NC(C#N)C(C#N)C(=O)NCC1CC1. The second kappa shape index (κ2) is 8.33. The summed E-state index contributed by atoms with van der Waals surface area (Å²) in [7, 11) is 0. The molecule has 0 heterocycles. The quantitative estimate of drug-likeness (QED) is 0.707. The maximum absolute atomic E-state index is 12.3. The molecule has 1 aliphatic rings. The Labute approximate surface area is 144 Å². The molecule has 0 aromatic heterocycles. The fourth-order valence-electron chi connectivity index (χ4n) is 2.16. The van der Waals surface area contributed by atoms with Crippen LogP contribution in [-0.2, 0) is 4.79 Å². The molecule has 1 aromatic rings. The number of rotatable bonds is 7. The molecule has 2 amide bonds. The molecule has 126 valence electrons. The summed E-state index contributed by atoms with van der Waals surface area (Å²) in [6.07, 6.45) is 3.54. The third-order valence-electron chi connectivity index (χ3n) is 3.73. The normalized spacial score (nSPS) is 14.8. The highest BCUT2D eigenvalue weighted by Gasteiger charge is 2.32. The molecule has 2 atom stereocenters. The minimum absolute atomic E-state index is 0.0193. The monoisotopic (exact) mass is 337 g/mol. The lowest BCUT2D eigenvalue weighted by Gasteiger charge is -2.17. The zero-order valence-electron chi connectivity index (χ0n) is 13.2. The predicted molar refractivity (Wildman–Crippen MR) is 84.4 cm³/mol. The Morgan fingerprint density at radius 1 is 1.20 bits per heavy atom. The molecule has 0 aliphatic heterocycles. The van der Waals surface area contributed by atoms with Crippen molar-refractivity contribution >= 4 is 11.8 Å². The van der Waals surface area contributed by atoms with E-state index in [2.05, 4.69) is 10.6 Å². The molecule has 2 unspecified atom stereocenters. The van der Waals surface area contributed by atoms with Gasteiger partial charge in [0.15, 0.2) is 11.7 Å². The second-order valence-corrected chi connectivity index (χ2v) is 5.57. The van der Waals surface area contributed by atoms with Gasteiger partial charge in [-0.15, -0.1) is 5.26 Å². The molecular weight excluding hydrogens is 322 g/mol. The summed E-state index contributed by atoms with van der Waals surface area (Å²) in [5.74, 6) is -2.20. The van der Waals surface area contributed by atoms with Gasteiger partial charge in [0.2, 0.25) is 5.91 Å². The van der Waals surface area contributed by atoms with Crippen molar-refractivity contribution in [3.8, 4) is 24.1 Å². The molecule has 25 heavy (non-hydrogen) atoms. The zero-order valence-corrected chi connectivity index (χ0v) is 13.2. The van der Waals surface area contributed by atoms with Gasteiger partial charge >= 0.3 is 0 Å². The number of amides is 2. The highest BCUT2D eigenvalue weighted by molar-refractivity contribution is 5.97. The highest BCUT2D eigenvalue weighted by Crippen LogP contribution is 2.27. The molecule has 0 saturated heterocycles. The van der Waals surface area contributed by atoms with Crippen LogP contribution in [0.5, 0.6) is 5.75 Å². The molecule has 1 saturated carbocycles. The van der Waals surface area contributed by atoms with Crippen LogP contribution >= 0.6 is 0 Å². The number of hydrogen-bond acceptors (Lipinski definition) is 6. The summed E-state index contributed by atoms with van der Waals surface area (Å²) in [6.45, 7) is 0.460. The number of carbonyl (C=O) groups is 2. The minimum atomic E-state index is -1.34. The Morgan fingerprint density at radius 3 is 2.52 bits per heavy atom. The molecule has 1 fully saturated rings. The number of para-hydroxylation sites is 1. The summed E-state index contributed by atoms with van der Waals surface area (Å²) in [5.41, 5.74) is 0.0272. The predicted octanol–water partition coefficient (Wildman–Crippen LogP) is 0.834. The van der Waals surface area contributed by atoms with Gasteiger partial charge in [-0.25, -0.2) is 0 Å². The Kier molecular flexibility index (Phi) is 5.92. The smallest absolute Gasteiger partial charge is 0.292 e. The van der Waals surface area contributed by atoms with Gasteiger partial charge in [-0.2, -0.15) is 10.5 Å². The van der Waals surface area contributed by atoms with E-state index in [1.54, 1.807) is 24.3 Å². The molecule has 0 bridgehead atoms. The number of benzene rings is 1. The first-order valence-electron chi connectivity index (χ1n) is 7.63. The van der Waals surface area contributed by atoms with E-state index in [1.165, 1.54) is 18.4 Å². The number of ether oxygens (including phenoxy) is 1. The van der Waals surface area contributed by atoms with Gasteiger partial charge in [0, 0.05) is 6.54 Å². The maximum Gasteiger partial charge on any atom is 0.292 e. The number of carbonyl (C=O) groups excluding carboxylic acids is 2. The molecule has 0 spiro atoms. The van der Waals surface area contributed by atoms with Crippen LogP contribution in [0.25, 0.3) is 0 Å². The molecule has 1 aromatic carbocycles. The van der Waals surface area contributed by atoms with Crippen LogP contribution in [0, 0.1) is 46.0 Å². The second-order valence-electron chi connectivity index (χ2n) is 5.57. The summed E-state index contributed by atoms with van der Waals surface area (Å²) in [4.78, 5) is 24.4. The van der Waals surface area contributed by atoms with E-state index >= 15 is 0 Å². The van der Waals surface area contributed by atoms with E-state index in [0.29, 0.717) is 12.5 Å². The fourth-order valence-corrected chi connectivity index (χ4v) is 2.16. The Bertz CT molecular complexity index is 783. The van der Waals surface area contributed by atoms with E-state index in [-0.39, 0.29) is 11.3 Å². The van der Waals surface area contributed by atoms with Gasteiger partial charge in [0.25, 0.3) is 12.2 Å². The largest absolute Gasteiger partial charge is 0.387 e. The number of nitriles is 3. The first-order chi connectivity index (χ1) is 12.1. The van der Waals surface area contributed by atoms with Gasteiger partial charge in [0.1, 0.15) is 6.04 Å². The van der Waals surface area contributed by atoms with Crippen LogP contribution in [0.15, 0.2) is 24.3 Å². The van der Waals surface area contributed by atoms with Crippen molar-refractivity contribution in [2.75, 3.05) is 6.54 Å². The van der Waals surface area contributed by atoms with Crippen molar-refractivity contribution in [1.29, 1.82) is 15.8 Å². The van der Waals surface area contributed by atoms with Crippen molar-refractivity contribution in [2.24, 2.45) is 11.8 Å². The van der Waals surface area contributed by atoms with Gasteiger partial charge in [0.05, 0.1) is 17.7 Å². The average molecular weight is 337 g/mol. The van der Waals surface area contributed by atoms with Crippen LogP contribution in [0.3, 0.4) is 0 Å². The van der Waals surface area contributed by atoms with Gasteiger partial charge < -0.3 is 15.4 Å². The van der Waals surface area contributed by atoms with Crippen LogP contribution in [-0.4, -0.2) is 24.4 Å². The number of nitrogens with one attached hydrogen (secondary N) is 2. The van der Waals surface area contributed by atoms with E-state index in [1.807, 2.05) is 0 Å². The first-order valence-corrected chi connectivity index (χ1v) is 7.63. The van der Waals surface area contributed by atoms with Crippen molar-refractivity contribution in [3.05, 3.63) is 29.8 Å². The summed E-state index contributed by atoms with van der Waals surface area (Å²) >= 11 is 0. The van der Waals surface area contributed by atoms with Gasteiger partial charge in [-0.1, -0.05) is 12.1 Å². The van der Waals surface area contributed by atoms with E-state index in [9.17, 15) is 20.1 Å². The summed E-state index contributed by atoms with van der Waals surface area (Å²) < 4.78 is 4.70. The van der Waals surface area contributed by atoms with Crippen molar-refractivity contribution in [3.63, 3.8) is 0 Å². The van der Waals surface area contributed by atoms with Crippen molar-refractivity contribution in [2.45, 2.75) is 18.9 Å². The molecular formula is C17H15N5O3. The lowest BCUT2D eigenvalue weighted by molar-refractivity contribution is -0.123. The minimum Gasteiger partial charge on any atom is -0.387 e. The van der Waals surface area contributed by atoms with Crippen molar-refractivity contribution < 1.29 is 14.3 Å². The molecule has 8 heteroatoms. The van der Waals surface area contributed by atoms with Gasteiger partial charge in [-0.3, -0.25) is 9.59 Å². The molecule has 2 N–H and O–H groups in total. The number of nitrogens with zero attached hydrogens (tertiary/aromatic N) is 3. The van der Waals surface area contributed by atoms with E-state index in [4.69, 9.17) is 10.00 Å². The number of hydrogen-bond donors (Lipinski definition) is 2. The van der Waals surface area contributed by atoms with Crippen molar-refractivity contribution in [1.82, 2.24) is 10.6 Å². The molecule has 0 radical (unpaired) electrons. The van der Waals surface area contributed by atoms with Crippen LogP contribution < -0.4 is 15.4 Å². The standard InChI is InChI=1S/C17H15N5O3/c18-7-13(16(23)21-9-11-5-6-11)14(8-19)22-17(24)12-3-1-2-4-15(12)25-10-20/h1-4,11,13-14H,5-6,9H2,(H,21,23)(H,22,24). The third-order valence-corrected chi connectivity index (χ3v) is 3.73. The maximum atomic E-state index is 12.3. The Hall–Kier alpha value is -3.57. The van der Waals surface area contributed by atoms with E-state index < -0.39 is 23.8 Å². The first kappa shape index (κ1) is 17.8. The van der Waals surface area contributed by atoms with E-state index in [0.717, 1.165) is 12.8 Å². The lowest BCUT2D eigenvalue weighted by atomic mass is 10.0. The Balaban J connectivity index is 2.08. The Morgan fingerprint density at radius 2 is 1.92 bits per heavy atom.